The van der Waals surface area contributed by atoms with Crippen LogP contribution in [0.2, 0.25) is 0 Å². The number of aryl methyl sites for hydroxylation is 1. The Kier molecular flexibility index (Phi) is 4.97. The average Bonchev–Trinajstić information content (AvgIpc) is 2.99. The van der Waals surface area contributed by atoms with E-state index in [0.29, 0.717) is 5.92 Å². The van der Waals surface area contributed by atoms with Crippen LogP contribution in [0.4, 0.5) is 5.69 Å². The normalized spacial score (nSPS) is 20.9. The molecule has 0 spiro atoms. The maximum atomic E-state index is 12.7. The average molecular weight is 361 g/mol. The van der Waals surface area contributed by atoms with E-state index in [1.54, 1.807) is 0 Å². The van der Waals surface area contributed by atoms with E-state index in [9.17, 15) is 4.79 Å². The quantitative estimate of drug-likeness (QED) is 0.827. The molecule has 1 atom stereocenters. The van der Waals surface area contributed by atoms with E-state index >= 15 is 0 Å². The Bertz CT molecular complexity index is 820. The minimum atomic E-state index is -0.302. The summed E-state index contributed by atoms with van der Waals surface area (Å²) in [6.45, 7) is 5.86. The zero-order valence-electron chi connectivity index (χ0n) is 16.1. The molecule has 2 aromatic rings. The summed E-state index contributed by atoms with van der Waals surface area (Å²) in [6.07, 6.45) is 3.41. The Hall–Kier alpha value is -2.62. The summed E-state index contributed by atoms with van der Waals surface area (Å²) in [5.41, 5.74) is 3.53. The zero-order valence-corrected chi connectivity index (χ0v) is 16.1. The number of piperidine rings is 1. The summed E-state index contributed by atoms with van der Waals surface area (Å²) >= 11 is 0. The second-order valence-electron chi connectivity index (χ2n) is 7.73. The molecule has 0 bridgehead atoms. The van der Waals surface area contributed by atoms with Crippen LogP contribution in [0.1, 0.15) is 30.9 Å². The van der Waals surface area contributed by atoms with Crippen LogP contribution >= 0.6 is 0 Å². The number of aliphatic imine (C=N–C) groups is 1. The Labute approximate surface area is 161 Å². The number of benzene rings is 2. The molecule has 2 aliphatic heterocycles. The van der Waals surface area contributed by atoms with Crippen molar-refractivity contribution in [2.24, 2.45) is 10.9 Å². The lowest BCUT2D eigenvalue weighted by molar-refractivity contribution is -0.117. The number of carbonyl (C=O) groups is 1. The summed E-state index contributed by atoms with van der Waals surface area (Å²) in [6, 6.07) is 18.6. The van der Waals surface area contributed by atoms with Gasteiger partial charge in [0, 0.05) is 13.1 Å². The first-order chi connectivity index (χ1) is 13.1. The summed E-state index contributed by atoms with van der Waals surface area (Å²) < 4.78 is 0. The Morgan fingerprint density at radius 1 is 1.00 bits per heavy atom. The summed E-state index contributed by atoms with van der Waals surface area (Å²) in [7, 11) is 0. The highest BCUT2D eigenvalue weighted by molar-refractivity contribution is 6.21. The van der Waals surface area contributed by atoms with Crippen LogP contribution in [0, 0.1) is 12.8 Å². The molecule has 2 aliphatic rings. The molecule has 0 saturated carbocycles. The monoisotopic (exact) mass is 361 g/mol. The van der Waals surface area contributed by atoms with Crippen molar-refractivity contribution in [1.29, 1.82) is 0 Å². The lowest BCUT2D eigenvalue weighted by Gasteiger charge is -2.36. The molecule has 0 radical (unpaired) electrons. The first kappa shape index (κ1) is 17.8. The van der Waals surface area contributed by atoms with Gasteiger partial charge in [0.1, 0.15) is 6.04 Å². The van der Waals surface area contributed by atoms with Gasteiger partial charge in [0.25, 0.3) is 5.91 Å². The summed E-state index contributed by atoms with van der Waals surface area (Å²) in [5.74, 6) is 1.60. The minimum absolute atomic E-state index is 0.0697. The molecule has 2 aromatic carbocycles. The van der Waals surface area contributed by atoms with E-state index in [4.69, 9.17) is 4.99 Å². The third-order valence-corrected chi connectivity index (χ3v) is 5.64. The van der Waals surface area contributed by atoms with E-state index in [2.05, 4.69) is 54.3 Å². The van der Waals surface area contributed by atoms with Gasteiger partial charge in [0.05, 0.1) is 5.69 Å². The molecular weight excluding hydrogens is 334 g/mol. The van der Waals surface area contributed by atoms with Crippen molar-refractivity contribution in [1.82, 2.24) is 4.90 Å². The highest BCUT2D eigenvalue weighted by atomic mass is 16.2. The lowest BCUT2D eigenvalue weighted by Crippen LogP contribution is -2.48. The van der Waals surface area contributed by atoms with Crippen molar-refractivity contribution in [2.45, 2.75) is 39.2 Å². The number of hydrogen-bond donors (Lipinski definition) is 0. The molecule has 4 nitrogen and oxygen atoms in total. The number of guanidine groups is 1. The van der Waals surface area contributed by atoms with Crippen molar-refractivity contribution in [3.05, 3.63) is 65.7 Å². The number of likely N-dealkylation sites (tertiary alicyclic amines) is 1. The topological polar surface area (TPSA) is 35.9 Å². The van der Waals surface area contributed by atoms with Crippen molar-refractivity contribution in [2.75, 3.05) is 18.0 Å². The predicted molar refractivity (Wildman–Crippen MR) is 110 cm³/mol. The van der Waals surface area contributed by atoms with E-state index in [1.165, 1.54) is 11.1 Å². The first-order valence-electron chi connectivity index (χ1n) is 9.89. The fourth-order valence-corrected chi connectivity index (χ4v) is 4.02. The van der Waals surface area contributed by atoms with Gasteiger partial charge in [-0.05, 0) is 56.7 Å². The van der Waals surface area contributed by atoms with Gasteiger partial charge in [-0.3, -0.25) is 4.79 Å². The van der Waals surface area contributed by atoms with Gasteiger partial charge in [0.2, 0.25) is 5.96 Å². The first-order valence-corrected chi connectivity index (χ1v) is 9.89. The molecule has 0 aliphatic carbocycles. The number of amides is 1. The number of hydrogen-bond acceptors (Lipinski definition) is 3. The lowest BCUT2D eigenvalue weighted by atomic mass is 9.90. The fourth-order valence-electron chi connectivity index (χ4n) is 4.02. The summed E-state index contributed by atoms with van der Waals surface area (Å²) in [5, 5.41) is 0. The predicted octanol–water partition coefficient (Wildman–Crippen LogP) is 4.04. The molecular formula is C23H27N3O. The maximum Gasteiger partial charge on any atom is 0.258 e. The molecule has 1 amide bonds. The Morgan fingerprint density at radius 3 is 2.33 bits per heavy atom. The highest BCUT2D eigenvalue weighted by Gasteiger charge is 2.37. The maximum absolute atomic E-state index is 12.7. The van der Waals surface area contributed by atoms with Crippen LogP contribution in [-0.2, 0) is 11.2 Å². The molecule has 140 valence electrons. The fraction of sp³-hybridized carbons (Fsp3) is 0.391. The molecule has 0 N–H and O–H groups in total. The van der Waals surface area contributed by atoms with Gasteiger partial charge in [-0.15, -0.1) is 0 Å². The third kappa shape index (κ3) is 3.75. The molecule has 1 saturated heterocycles. The van der Waals surface area contributed by atoms with Crippen LogP contribution in [0.15, 0.2) is 59.6 Å². The van der Waals surface area contributed by atoms with Gasteiger partial charge < -0.3 is 4.90 Å². The standard InChI is InChI=1S/C23H27N3O/c1-17-8-10-21(11-9-17)26-22(27)18(2)24-23(26)25-14-12-20(13-15-25)16-19-6-4-3-5-7-19/h3-11,18,20H,12-16H2,1-2H3. The Morgan fingerprint density at radius 2 is 1.67 bits per heavy atom. The molecule has 27 heavy (non-hydrogen) atoms. The minimum Gasteiger partial charge on any atom is -0.342 e. The second-order valence-corrected chi connectivity index (χ2v) is 7.73. The summed E-state index contributed by atoms with van der Waals surface area (Å²) in [4.78, 5) is 21.5. The van der Waals surface area contributed by atoms with E-state index in [0.717, 1.165) is 44.0 Å². The van der Waals surface area contributed by atoms with E-state index < -0.39 is 0 Å². The van der Waals surface area contributed by atoms with Crippen LogP contribution in [-0.4, -0.2) is 35.9 Å². The Balaban J connectivity index is 1.45. The molecule has 2 heterocycles. The smallest absolute Gasteiger partial charge is 0.258 e. The highest BCUT2D eigenvalue weighted by Crippen LogP contribution is 2.27. The van der Waals surface area contributed by atoms with E-state index in [-0.39, 0.29) is 11.9 Å². The van der Waals surface area contributed by atoms with Gasteiger partial charge in [-0.1, -0.05) is 48.0 Å². The third-order valence-electron chi connectivity index (χ3n) is 5.64. The van der Waals surface area contributed by atoms with Gasteiger partial charge in [-0.2, -0.15) is 0 Å². The molecule has 4 heteroatoms. The van der Waals surface area contributed by atoms with Crippen molar-refractivity contribution in [3.8, 4) is 0 Å². The molecule has 1 unspecified atom stereocenters. The van der Waals surface area contributed by atoms with Gasteiger partial charge in [0.15, 0.2) is 0 Å². The number of nitrogens with zero attached hydrogens (tertiary/aromatic N) is 3. The largest absolute Gasteiger partial charge is 0.342 e. The van der Waals surface area contributed by atoms with Gasteiger partial charge in [-0.25, -0.2) is 9.89 Å². The second kappa shape index (κ2) is 7.55. The van der Waals surface area contributed by atoms with Crippen LogP contribution in [0.5, 0.6) is 0 Å². The van der Waals surface area contributed by atoms with Crippen molar-refractivity contribution in [3.63, 3.8) is 0 Å². The van der Waals surface area contributed by atoms with Crippen molar-refractivity contribution >= 4 is 17.6 Å². The number of rotatable bonds is 3. The number of carbonyl (C=O) groups excluding carboxylic acids is 1. The zero-order chi connectivity index (χ0) is 18.8. The SMILES string of the molecule is Cc1ccc(N2C(=O)C(C)N=C2N2CCC(Cc3ccccc3)CC2)cc1. The van der Waals surface area contributed by atoms with Crippen LogP contribution in [0.25, 0.3) is 0 Å². The van der Waals surface area contributed by atoms with Crippen LogP contribution in [0.3, 0.4) is 0 Å². The van der Waals surface area contributed by atoms with Crippen molar-refractivity contribution < 1.29 is 4.79 Å². The van der Waals surface area contributed by atoms with E-state index in [1.807, 2.05) is 24.0 Å². The van der Waals surface area contributed by atoms with Crippen LogP contribution < -0.4 is 4.90 Å². The molecule has 0 aromatic heterocycles. The number of anilines is 1. The molecule has 1 fully saturated rings. The molecule has 4 rings (SSSR count). The van der Waals surface area contributed by atoms with Gasteiger partial charge >= 0.3 is 0 Å².